The molecular weight excluding hydrogens is 346 g/mol. The van der Waals surface area contributed by atoms with E-state index in [1.54, 1.807) is 50.6 Å². The molecular formula is C20H19N3O4. The van der Waals surface area contributed by atoms with E-state index in [-0.39, 0.29) is 5.91 Å². The molecule has 3 aromatic rings. The fraction of sp³-hybridized carbons (Fsp3) is 0.150. The van der Waals surface area contributed by atoms with Gasteiger partial charge >= 0.3 is 0 Å². The van der Waals surface area contributed by atoms with Gasteiger partial charge in [-0.25, -0.2) is 0 Å². The van der Waals surface area contributed by atoms with E-state index >= 15 is 0 Å². The number of ether oxygens (including phenoxy) is 3. The molecule has 0 aliphatic rings. The van der Waals surface area contributed by atoms with Crippen LogP contribution in [-0.2, 0) is 0 Å². The molecule has 0 aliphatic carbocycles. The molecule has 2 aromatic carbocycles. The highest BCUT2D eigenvalue weighted by atomic mass is 16.5. The summed E-state index contributed by atoms with van der Waals surface area (Å²) in [4.78, 5) is 12.6. The van der Waals surface area contributed by atoms with Crippen LogP contribution in [0.3, 0.4) is 0 Å². The third-order valence-corrected chi connectivity index (χ3v) is 3.94. The Kier molecular flexibility index (Phi) is 5.51. The standard InChI is InChI=1S/C20H19N3O4/c1-25-15-8-9-16(18(12-15)26-2)20(24)21-14-6-4-13(5-7-14)17-10-11-19(27-3)23-22-17/h4-12H,1-3H3,(H,21,24). The molecule has 1 heterocycles. The van der Waals surface area contributed by atoms with Crippen molar-refractivity contribution in [1.29, 1.82) is 0 Å². The van der Waals surface area contributed by atoms with Gasteiger partial charge < -0.3 is 19.5 Å². The maximum absolute atomic E-state index is 12.6. The SMILES string of the molecule is COc1ccc(C(=O)Nc2ccc(-c3ccc(OC)nn3)cc2)c(OC)c1. The molecule has 1 aromatic heterocycles. The Morgan fingerprint density at radius 1 is 0.852 bits per heavy atom. The number of hydrogen-bond donors (Lipinski definition) is 1. The monoisotopic (exact) mass is 365 g/mol. The quantitative estimate of drug-likeness (QED) is 0.721. The number of hydrogen-bond acceptors (Lipinski definition) is 6. The highest BCUT2D eigenvalue weighted by Crippen LogP contribution is 2.26. The van der Waals surface area contributed by atoms with Crippen LogP contribution in [-0.4, -0.2) is 37.4 Å². The number of carbonyl (C=O) groups excluding carboxylic acids is 1. The van der Waals surface area contributed by atoms with Crippen molar-refractivity contribution in [2.75, 3.05) is 26.6 Å². The van der Waals surface area contributed by atoms with Crippen molar-refractivity contribution >= 4 is 11.6 Å². The van der Waals surface area contributed by atoms with Crippen molar-refractivity contribution < 1.29 is 19.0 Å². The van der Waals surface area contributed by atoms with Gasteiger partial charge in [0.05, 0.1) is 32.6 Å². The number of nitrogens with one attached hydrogen (secondary N) is 1. The van der Waals surface area contributed by atoms with Crippen LogP contribution in [0.1, 0.15) is 10.4 Å². The summed E-state index contributed by atoms with van der Waals surface area (Å²) < 4.78 is 15.4. The summed E-state index contributed by atoms with van der Waals surface area (Å²) in [5.74, 6) is 1.24. The molecule has 7 heteroatoms. The zero-order valence-electron chi connectivity index (χ0n) is 15.2. The maximum atomic E-state index is 12.6. The number of carbonyl (C=O) groups is 1. The Morgan fingerprint density at radius 2 is 1.63 bits per heavy atom. The third kappa shape index (κ3) is 4.14. The Morgan fingerprint density at radius 3 is 2.22 bits per heavy atom. The van der Waals surface area contributed by atoms with Gasteiger partial charge in [-0.15, -0.1) is 10.2 Å². The van der Waals surface area contributed by atoms with Gasteiger partial charge in [0, 0.05) is 23.4 Å². The average Bonchev–Trinajstić information content (AvgIpc) is 2.73. The number of benzene rings is 2. The molecule has 1 amide bonds. The van der Waals surface area contributed by atoms with Gasteiger partial charge in [-0.2, -0.15) is 0 Å². The summed E-state index contributed by atoms with van der Waals surface area (Å²) in [5, 5.41) is 10.9. The minimum atomic E-state index is -0.272. The van der Waals surface area contributed by atoms with Crippen LogP contribution in [0.5, 0.6) is 17.4 Å². The predicted molar refractivity (Wildman–Crippen MR) is 102 cm³/mol. The van der Waals surface area contributed by atoms with Crippen LogP contribution in [0.15, 0.2) is 54.6 Å². The van der Waals surface area contributed by atoms with E-state index in [4.69, 9.17) is 14.2 Å². The van der Waals surface area contributed by atoms with Crippen molar-refractivity contribution in [3.05, 3.63) is 60.2 Å². The number of aromatic nitrogens is 2. The van der Waals surface area contributed by atoms with E-state index in [1.165, 1.54) is 7.11 Å². The molecule has 1 N–H and O–H groups in total. The zero-order chi connectivity index (χ0) is 19.2. The first-order valence-corrected chi connectivity index (χ1v) is 8.16. The van der Waals surface area contributed by atoms with E-state index in [0.717, 1.165) is 5.56 Å². The van der Waals surface area contributed by atoms with E-state index in [0.29, 0.717) is 34.3 Å². The highest BCUT2D eigenvalue weighted by Gasteiger charge is 2.13. The van der Waals surface area contributed by atoms with Gasteiger partial charge in [0.25, 0.3) is 5.91 Å². The van der Waals surface area contributed by atoms with Gasteiger partial charge in [-0.1, -0.05) is 12.1 Å². The molecule has 0 saturated carbocycles. The lowest BCUT2D eigenvalue weighted by atomic mass is 10.1. The van der Waals surface area contributed by atoms with Crippen LogP contribution < -0.4 is 19.5 Å². The lowest BCUT2D eigenvalue weighted by molar-refractivity contribution is 0.102. The van der Waals surface area contributed by atoms with Gasteiger partial charge in [-0.3, -0.25) is 4.79 Å². The van der Waals surface area contributed by atoms with E-state index < -0.39 is 0 Å². The van der Waals surface area contributed by atoms with Crippen molar-refractivity contribution in [3.8, 4) is 28.6 Å². The molecule has 0 spiro atoms. The lowest BCUT2D eigenvalue weighted by Gasteiger charge is -2.11. The second-order valence-electron chi connectivity index (χ2n) is 5.56. The Balaban J connectivity index is 1.75. The van der Waals surface area contributed by atoms with Crippen LogP contribution >= 0.6 is 0 Å². The summed E-state index contributed by atoms with van der Waals surface area (Å²) >= 11 is 0. The number of amides is 1. The normalized spacial score (nSPS) is 10.2. The van der Waals surface area contributed by atoms with Gasteiger partial charge in [0.15, 0.2) is 0 Å². The van der Waals surface area contributed by atoms with Crippen molar-refractivity contribution in [3.63, 3.8) is 0 Å². The highest BCUT2D eigenvalue weighted by molar-refractivity contribution is 6.06. The Hall–Kier alpha value is -3.61. The van der Waals surface area contributed by atoms with Crippen LogP contribution in [0.2, 0.25) is 0 Å². The molecule has 0 atom stereocenters. The van der Waals surface area contributed by atoms with Gasteiger partial charge in [0.2, 0.25) is 5.88 Å². The minimum absolute atomic E-state index is 0.272. The molecule has 0 saturated heterocycles. The number of rotatable bonds is 6. The van der Waals surface area contributed by atoms with Gasteiger partial charge in [-0.05, 0) is 30.3 Å². The smallest absolute Gasteiger partial charge is 0.259 e. The van der Waals surface area contributed by atoms with Crippen molar-refractivity contribution in [2.45, 2.75) is 0 Å². The molecule has 7 nitrogen and oxygen atoms in total. The van der Waals surface area contributed by atoms with Gasteiger partial charge in [0.1, 0.15) is 11.5 Å². The maximum Gasteiger partial charge on any atom is 0.259 e. The molecule has 138 valence electrons. The fourth-order valence-corrected chi connectivity index (χ4v) is 2.49. The summed E-state index contributed by atoms with van der Waals surface area (Å²) in [6.07, 6.45) is 0. The van der Waals surface area contributed by atoms with E-state index in [9.17, 15) is 4.79 Å². The first kappa shape index (κ1) is 18.2. The van der Waals surface area contributed by atoms with E-state index in [1.807, 2.05) is 18.2 Å². The molecule has 27 heavy (non-hydrogen) atoms. The van der Waals surface area contributed by atoms with Crippen LogP contribution in [0.4, 0.5) is 5.69 Å². The topological polar surface area (TPSA) is 82.6 Å². The molecule has 0 bridgehead atoms. The zero-order valence-corrected chi connectivity index (χ0v) is 15.2. The predicted octanol–water partition coefficient (Wildman–Crippen LogP) is 3.42. The number of nitrogens with zero attached hydrogens (tertiary/aromatic N) is 2. The minimum Gasteiger partial charge on any atom is -0.497 e. The van der Waals surface area contributed by atoms with Crippen LogP contribution in [0.25, 0.3) is 11.3 Å². The Bertz CT molecular complexity index is 925. The molecule has 0 fully saturated rings. The lowest BCUT2D eigenvalue weighted by Crippen LogP contribution is -2.13. The molecule has 0 aliphatic heterocycles. The summed E-state index contributed by atoms with van der Waals surface area (Å²) in [6.45, 7) is 0. The largest absolute Gasteiger partial charge is 0.497 e. The van der Waals surface area contributed by atoms with E-state index in [2.05, 4.69) is 15.5 Å². The molecule has 0 radical (unpaired) electrons. The third-order valence-electron chi connectivity index (χ3n) is 3.94. The fourth-order valence-electron chi connectivity index (χ4n) is 2.49. The van der Waals surface area contributed by atoms with Crippen molar-refractivity contribution in [2.24, 2.45) is 0 Å². The first-order valence-electron chi connectivity index (χ1n) is 8.16. The summed E-state index contributed by atoms with van der Waals surface area (Å²) in [7, 11) is 4.61. The van der Waals surface area contributed by atoms with Crippen LogP contribution in [0, 0.1) is 0 Å². The first-order chi connectivity index (χ1) is 13.1. The van der Waals surface area contributed by atoms with Crippen molar-refractivity contribution in [1.82, 2.24) is 10.2 Å². The molecule has 0 unspecified atom stereocenters. The average molecular weight is 365 g/mol. The molecule has 3 rings (SSSR count). The Labute approximate surface area is 156 Å². The number of methoxy groups -OCH3 is 3. The second kappa shape index (κ2) is 8.18. The summed E-state index contributed by atoms with van der Waals surface area (Å²) in [6, 6.07) is 15.9. The second-order valence-corrected chi connectivity index (χ2v) is 5.56. The number of anilines is 1. The summed E-state index contributed by atoms with van der Waals surface area (Å²) in [5.41, 5.74) is 2.67.